The van der Waals surface area contributed by atoms with E-state index in [1.54, 1.807) is 0 Å². The van der Waals surface area contributed by atoms with Crippen molar-refractivity contribution in [2.45, 2.75) is 38.4 Å². The van der Waals surface area contributed by atoms with Crippen LogP contribution in [0.25, 0.3) is 0 Å². The second-order valence-electron chi connectivity index (χ2n) is 3.55. The summed E-state index contributed by atoms with van der Waals surface area (Å²) in [7, 11) is 0. The van der Waals surface area contributed by atoms with Crippen molar-refractivity contribution in [1.82, 2.24) is 0 Å². The average Bonchev–Trinajstić information content (AvgIpc) is 2.06. The second kappa shape index (κ2) is 2.37. The maximum atomic E-state index is 12.1. The third kappa shape index (κ3) is 1.40. The van der Waals surface area contributed by atoms with Crippen LogP contribution in [-0.2, 0) is 0 Å². The van der Waals surface area contributed by atoms with E-state index in [4.69, 9.17) is 0 Å². The lowest BCUT2D eigenvalue weighted by Crippen LogP contribution is -2.34. The fraction of sp³-hybridized carbons (Fsp3) is 0.857. The smallest absolute Gasteiger partial charge is 0.473 e. The van der Waals surface area contributed by atoms with E-state index in [0.717, 1.165) is 0 Å². The van der Waals surface area contributed by atoms with Crippen molar-refractivity contribution < 1.29 is 17.9 Å². The summed E-state index contributed by atoms with van der Waals surface area (Å²) in [6.45, 7) is 3.03. The number of alkyl halides is 3. The fourth-order valence-electron chi connectivity index (χ4n) is 1.25. The van der Waals surface area contributed by atoms with E-state index >= 15 is 0 Å². The van der Waals surface area contributed by atoms with Crippen LogP contribution in [0.2, 0.25) is 0 Å². The zero-order valence-electron chi connectivity index (χ0n) is 6.90. The van der Waals surface area contributed by atoms with Crippen molar-refractivity contribution in [2.24, 2.45) is 0 Å². The summed E-state index contributed by atoms with van der Waals surface area (Å²) in [6, 6.07) is 0. The Labute approximate surface area is 68.3 Å². The molecule has 0 fully saturated rings. The lowest BCUT2D eigenvalue weighted by molar-refractivity contribution is -0.536. The number of hydrogen-bond donors (Lipinski definition) is 0. The van der Waals surface area contributed by atoms with Gasteiger partial charge in [0.05, 0.1) is 0 Å². The summed E-state index contributed by atoms with van der Waals surface area (Å²) in [5.41, 5.74) is -1.85. The summed E-state index contributed by atoms with van der Waals surface area (Å²) in [5, 5.41) is 11.0. The minimum atomic E-state index is -4.46. The van der Waals surface area contributed by atoms with Crippen LogP contribution in [0, 0.1) is 5.21 Å². The molecule has 0 spiro atoms. The highest BCUT2D eigenvalue weighted by Crippen LogP contribution is 2.31. The van der Waals surface area contributed by atoms with Crippen LogP contribution >= 0.6 is 0 Å². The largest absolute Gasteiger partial charge is 0.623 e. The summed E-state index contributed by atoms with van der Waals surface area (Å²) < 4.78 is 36.3. The van der Waals surface area contributed by atoms with Gasteiger partial charge in [-0.25, -0.2) is 4.74 Å². The number of hydrogen-bond acceptors (Lipinski definition) is 1. The number of rotatable bonds is 0. The Kier molecular flexibility index (Phi) is 1.85. The fourth-order valence-corrected chi connectivity index (χ4v) is 1.25. The minimum Gasteiger partial charge on any atom is -0.623 e. The average molecular weight is 181 g/mol. The molecular formula is C7H10F3NO. The Morgan fingerprint density at radius 1 is 1.42 bits per heavy atom. The molecule has 0 bridgehead atoms. The molecule has 0 aromatic rings. The van der Waals surface area contributed by atoms with Gasteiger partial charge in [0.2, 0.25) is 0 Å². The summed E-state index contributed by atoms with van der Waals surface area (Å²) in [4.78, 5) is 0. The van der Waals surface area contributed by atoms with Crippen molar-refractivity contribution in [2.75, 3.05) is 0 Å². The lowest BCUT2D eigenvalue weighted by atomic mass is 10.0. The Bertz CT molecular complexity index is 229. The Morgan fingerprint density at radius 3 is 2.08 bits per heavy atom. The minimum absolute atomic E-state index is 0.0903. The number of nitrogens with zero attached hydrogens (tertiary/aromatic N) is 1. The molecule has 0 amide bonds. The summed E-state index contributed by atoms with van der Waals surface area (Å²) >= 11 is 0. The zero-order chi connectivity index (χ0) is 9.57. The molecular weight excluding hydrogens is 171 g/mol. The van der Waals surface area contributed by atoms with E-state index in [9.17, 15) is 18.4 Å². The standard InChI is InChI=1S/C7H10F3NO/c1-6(2)4-3-5(11(6)12)7(8,9)10/h3-4H2,1-2H3. The van der Waals surface area contributed by atoms with Gasteiger partial charge >= 0.3 is 6.18 Å². The van der Waals surface area contributed by atoms with Crippen molar-refractivity contribution in [3.05, 3.63) is 5.21 Å². The molecule has 1 aliphatic rings. The predicted octanol–water partition coefficient (Wildman–Crippen LogP) is 2.07. The van der Waals surface area contributed by atoms with Gasteiger partial charge in [-0.2, -0.15) is 13.2 Å². The maximum Gasteiger partial charge on any atom is 0.473 e. The zero-order valence-corrected chi connectivity index (χ0v) is 6.90. The van der Waals surface area contributed by atoms with Crippen LogP contribution in [0.3, 0.4) is 0 Å². The van der Waals surface area contributed by atoms with Gasteiger partial charge in [-0.1, -0.05) is 0 Å². The van der Waals surface area contributed by atoms with E-state index in [2.05, 4.69) is 0 Å². The quantitative estimate of drug-likeness (QED) is 0.415. The van der Waals surface area contributed by atoms with Crippen LogP contribution in [0.1, 0.15) is 26.7 Å². The van der Waals surface area contributed by atoms with Crippen LogP contribution in [-0.4, -0.2) is 22.2 Å². The third-order valence-corrected chi connectivity index (χ3v) is 2.10. The van der Waals surface area contributed by atoms with E-state index in [0.29, 0.717) is 0 Å². The second-order valence-corrected chi connectivity index (χ2v) is 3.55. The molecule has 12 heavy (non-hydrogen) atoms. The molecule has 1 rings (SSSR count). The molecule has 0 atom stereocenters. The molecule has 0 aliphatic carbocycles. The van der Waals surface area contributed by atoms with Crippen LogP contribution in [0.15, 0.2) is 0 Å². The van der Waals surface area contributed by atoms with Crippen molar-refractivity contribution >= 4 is 5.71 Å². The van der Waals surface area contributed by atoms with Gasteiger partial charge in [0.1, 0.15) is 0 Å². The van der Waals surface area contributed by atoms with Gasteiger partial charge in [0.15, 0.2) is 5.54 Å². The molecule has 1 aliphatic heterocycles. The molecule has 1 heterocycles. The molecule has 0 unspecified atom stereocenters. The molecule has 0 radical (unpaired) electrons. The monoisotopic (exact) mass is 181 g/mol. The first-order valence-corrected chi connectivity index (χ1v) is 3.65. The predicted molar refractivity (Wildman–Crippen MR) is 38.0 cm³/mol. The van der Waals surface area contributed by atoms with Crippen LogP contribution in [0.4, 0.5) is 13.2 Å². The third-order valence-electron chi connectivity index (χ3n) is 2.10. The Morgan fingerprint density at radius 2 is 1.92 bits per heavy atom. The lowest BCUT2D eigenvalue weighted by Gasteiger charge is -2.18. The maximum absolute atomic E-state index is 12.1. The van der Waals surface area contributed by atoms with Gasteiger partial charge in [-0.05, 0) is 0 Å². The summed E-state index contributed by atoms with van der Waals surface area (Å²) in [6.07, 6.45) is -4.36. The molecule has 70 valence electrons. The first-order chi connectivity index (χ1) is 5.25. The van der Waals surface area contributed by atoms with Gasteiger partial charge in [-0.15, -0.1) is 0 Å². The molecule has 0 aromatic heterocycles. The van der Waals surface area contributed by atoms with Gasteiger partial charge in [0, 0.05) is 26.7 Å². The highest BCUT2D eigenvalue weighted by atomic mass is 19.4. The molecule has 5 heteroatoms. The molecule has 0 N–H and O–H groups in total. The van der Waals surface area contributed by atoms with Crippen molar-refractivity contribution in [1.29, 1.82) is 0 Å². The summed E-state index contributed by atoms with van der Waals surface area (Å²) in [5.74, 6) is 0. The van der Waals surface area contributed by atoms with E-state index in [1.165, 1.54) is 13.8 Å². The molecule has 0 saturated heterocycles. The van der Waals surface area contributed by atoms with Crippen LogP contribution in [0.5, 0.6) is 0 Å². The van der Waals surface area contributed by atoms with Gasteiger partial charge in [0.25, 0.3) is 5.71 Å². The van der Waals surface area contributed by atoms with E-state index < -0.39 is 17.4 Å². The first-order valence-electron chi connectivity index (χ1n) is 3.65. The first kappa shape index (κ1) is 9.35. The topological polar surface area (TPSA) is 26.1 Å². The highest BCUT2D eigenvalue weighted by Gasteiger charge is 2.50. The van der Waals surface area contributed by atoms with Gasteiger partial charge < -0.3 is 5.21 Å². The van der Waals surface area contributed by atoms with Gasteiger partial charge in [-0.3, -0.25) is 0 Å². The van der Waals surface area contributed by atoms with E-state index in [1.807, 2.05) is 0 Å². The molecule has 0 aromatic carbocycles. The SMILES string of the molecule is CC1(C)CCC(C(F)(F)F)=[N+]1[O-]. The number of hydroxylamine groups is 1. The Balaban J connectivity index is 3.01. The van der Waals surface area contributed by atoms with Crippen LogP contribution < -0.4 is 0 Å². The van der Waals surface area contributed by atoms with Crippen molar-refractivity contribution in [3.8, 4) is 0 Å². The highest BCUT2D eigenvalue weighted by molar-refractivity contribution is 5.86. The number of halogens is 3. The molecule has 2 nitrogen and oxygen atoms in total. The Hall–Kier alpha value is -0.740. The van der Waals surface area contributed by atoms with Crippen molar-refractivity contribution in [3.63, 3.8) is 0 Å². The molecule has 0 saturated carbocycles. The normalized spacial score (nSPS) is 23.4. The van der Waals surface area contributed by atoms with E-state index in [-0.39, 0.29) is 17.6 Å².